The lowest BCUT2D eigenvalue weighted by molar-refractivity contribution is 0.0203. The Hall–Kier alpha value is -1.79. The summed E-state index contributed by atoms with van der Waals surface area (Å²) in [5, 5.41) is 6.64. The summed E-state index contributed by atoms with van der Waals surface area (Å²) in [7, 11) is 1.69. The van der Waals surface area contributed by atoms with E-state index in [1.807, 2.05) is 24.3 Å². The highest BCUT2D eigenvalue weighted by Crippen LogP contribution is 2.18. The number of ether oxygens (including phenoxy) is 3. The number of para-hydroxylation sites is 1. The van der Waals surface area contributed by atoms with Crippen molar-refractivity contribution in [1.29, 1.82) is 0 Å². The molecule has 2 rings (SSSR count). The Bertz CT molecular complexity index is 531. The van der Waals surface area contributed by atoms with E-state index >= 15 is 0 Å². The largest absolute Gasteiger partial charge is 0.496 e. The number of nitrogens with zero attached hydrogens (tertiary/aromatic N) is 1. The van der Waals surface area contributed by atoms with Crippen LogP contribution in [-0.4, -0.2) is 52.6 Å². The molecule has 6 heteroatoms. The lowest BCUT2D eigenvalue weighted by Gasteiger charge is -2.21. The fraction of sp³-hybridized carbons (Fsp3) is 0.650. The topological polar surface area (TPSA) is 64.1 Å². The molecule has 1 heterocycles. The molecule has 0 aliphatic carbocycles. The Morgan fingerprint density at radius 1 is 1.23 bits per heavy atom. The lowest BCUT2D eigenvalue weighted by Crippen LogP contribution is -2.38. The molecule has 146 valence electrons. The molecule has 0 radical (unpaired) electrons. The highest BCUT2D eigenvalue weighted by atomic mass is 16.5. The van der Waals surface area contributed by atoms with Gasteiger partial charge in [0.05, 0.1) is 13.7 Å². The number of aliphatic imine (C=N–C) groups is 1. The predicted octanol–water partition coefficient (Wildman–Crippen LogP) is 2.58. The van der Waals surface area contributed by atoms with E-state index in [9.17, 15) is 0 Å². The highest BCUT2D eigenvalue weighted by molar-refractivity contribution is 5.79. The van der Waals surface area contributed by atoms with Crippen molar-refractivity contribution in [2.75, 3.05) is 46.6 Å². The molecule has 1 aromatic rings. The number of benzene rings is 1. The van der Waals surface area contributed by atoms with E-state index < -0.39 is 0 Å². The summed E-state index contributed by atoms with van der Waals surface area (Å²) >= 11 is 0. The number of rotatable bonds is 10. The molecule has 0 bridgehead atoms. The van der Waals surface area contributed by atoms with E-state index in [0.717, 1.165) is 76.1 Å². The van der Waals surface area contributed by atoms with Crippen molar-refractivity contribution >= 4 is 5.96 Å². The van der Waals surface area contributed by atoms with Crippen molar-refractivity contribution in [3.05, 3.63) is 29.8 Å². The van der Waals surface area contributed by atoms with Gasteiger partial charge in [-0.15, -0.1) is 0 Å². The fourth-order valence-corrected chi connectivity index (χ4v) is 2.88. The van der Waals surface area contributed by atoms with Crippen LogP contribution in [0.5, 0.6) is 5.75 Å². The van der Waals surface area contributed by atoms with E-state index in [0.29, 0.717) is 12.5 Å². The van der Waals surface area contributed by atoms with Crippen LogP contribution in [0, 0.1) is 5.92 Å². The molecule has 1 fully saturated rings. The van der Waals surface area contributed by atoms with Gasteiger partial charge in [0.1, 0.15) is 5.75 Å². The summed E-state index contributed by atoms with van der Waals surface area (Å²) < 4.78 is 16.6. The second-order valence-electron chi connectivity index (χ2n) is 6.42. The Morgan fingerprint density at radius 3 is 2.81 bits per heavy atom. The number of guanidine groups is 1. The molecule has 2 N–H and O–H groups in total. The van der Waals surface area contributed by atoms with Crippen molar-refractivity contribution in [3.8, 4) is 5.75 Å². The molecule has 1 aliphatic heterocycles. The van der Waals surface area contributed by atoms with E-state index in [2.05, 4.69) is 22.5 Å². The predicted molar refractivity (Wildman–Crippen MR) is 105 cm³/mol. The van der Waals surface area contributed by atoms with Crippen LogP contribution in [0.3, 0.4) is 0 Å². The first kappa shape index (κ1) is 20.5. The van der Waals surface area contributed by atoms with Gasteiger partial charge in [-0.2, -0.15) is 0 Å². The smallest absolute Gasteiger partial charge is 0.191 e. The van der Waals surface area contributed by atoms with Gasteiger partial charge in [-0.3, -0.25) is 0 Å². The monoisotopic (exact) mass is 363 g/mol. The van der Waals surface area contributed by atoms with Crippen LogP contribution in [0.4, 0.5) is 0 Å². The van der Waals surface area contributed by atoms with Gasteiger partial charge in [-0.05, 0) is 38.2 Å². The Morgan fingerprint density at radius 2 is 2.04 bits per heavy atom. The lowest BCUT2D eigenvalue weighted by atomic mass is 10.0. The summed E-state index contributed by atoms with van der Waals surface area (Å²) in [5.74, 6) is 2.35. The van der Waals surface area contributed by atoms with Crippen LogP contribution in [0.2, 0.25) is 0 Å². The van der Waals surface area contributed by atoms with Gasteiger partial charge in [-0.1, -0.05) is 18.2 Å². The van der Waals surface area contributed by atoms with E-state index in [-0.39, 0.29) is 0 Å². The Balaban J connectivity index is 1.66. The van der Waals surface area contributed by atoms with E-state index in [1.54, 1.807) is 7.11 Å². The maximum Gasteiger partial charge on any atom is 0.191 e. The first-order chi connectivity index (χ1) is 12.8. The summed E-state index contributed by atoms with van der Waals surface area (Å²) in [5.41, 5.74) is 1.08. The summed E-state index contributed by atoms with van der Waals surface area (Å²) in [4.78, 5) is 4.64. The molecule has 0 amide bonds. The minimum absolute atomic E-state index is 0.583. The fourth-order valence-electron chi connectivity index (χ4n) is 2.88. The molecule has 6 nitrogen and oxygen atoms in total. The van der Waals surface area contributed by atoms with Crippen LogP contribution in [-0.2, 0) is 16.0 Å². The van der Waals surface area contributed by atoms with Gasteiger partial charge < -0.3 is 24.8 Å². The van der Waals surface area contributed by atoms with Crippen LogP contribution < -0.4 is 15.4 Å². The first-order valence-electron chi connectivity index (χ1n) is 9.63. The van der Waals surface area contributed by atoms with Gasteiger partial charge in [0.25, 0.3) is 0 Å². The van der Waals surface area contributed by atoms with Crippen molar-refractivity contribution in [3.63, 3.8) is 0 Å². The summed E-state index contributed by atoms with van der Waals surface area (Å²) in [6.45, 7) is 7.70. The molecule has 0 aromatic heterocycles. The summed E-state index contributed by atoms with van der Waals surface area (Å²) in [6.07, 6.45) is 3.21. The third kappa shape index (κ3) is 7.62. The number of hydrogen-bond donors (Lipinski definition) is 2. The molecular formula is C20H33N3O3. The Labute approximate surface area is 157 Å². The van der Waals surface area contributed by atoms with Crippen LogP contribution >= 0.6 is 0 Å². The van der Waals surface area contributed by atoms with E-state index in [1.165, 1.54) is 0 Å². The molecule has 0 spiro atoms. The van der Waals surface area contributed by atoms with Crippen LogP contribution in [0.25, 0.3) is 0 Å². The zero-order valence-corrected chi connectivity index (χ0v) is 16.1. The second kappa shape index (κ2) is 12.5. The maximum absolute atomic E-state index is 5.80. The van der Waals surface area contributed by atoms with Gasteiger partial charge >= 0.3 is 0 Å². The highest BCUT2D eigenvalue weighted by Gasteiger charge is 2.13. The second-order valence-corrected chi connectivity index (χ2v) is 6.42. The molecule has 0 unspecified atom stereocenters. The molecule has 1 aromatic carbocycles. The van der Waals surface area contributed by atoms with Gasteiger partial charge in [0.15, 0.2) is 5.96 Å². The van der Waals surface area contributed by atoms with Crippen molar-refractivity contribution in [2.45, 2.75) is 32.7 Å². The standard InChI is InChI=1S/C20H33N3O3/c1-3-21-20(23-15-18-7-4-5-8-19(18)24-2)22-11-6-12-26-16-17-9-13-25-14-10-17/h4-5,7-8,17H,3,6,9-16H2,1-2H3,(H2,21,22,23). The molecule has 0 atom stereocenters. The first-order valence-corrected chi connectivity index (χ1v) is 9.63. The Kier molecular flexibility index (Phi) is 9.90. The molecular weight excluding hydrogens is 330 g/mol. The molecule has 1 saturated heterocycles. The van der Waals surface area contributed by atoms with Gasteiger partial charge in [0, 0.05) is 45.1 Å². The van der Waals surface area contributed by atoms with Gasteiger partial charge in [0.2, 0.25) is 0 Å². The third-order valence-electron chi connectivity index (χ3n) is 4.40. The average molecular weight is 364 g/mol. The van der Waals surface area contributed by atoms with Crippen LogP contribution in [0.1, 0.15) is 31.7 Å². The number of methoxy groups -OCH3 is 1. The zero-order valence-electron chi connectivity index (χ0n) is 16.1. The number of hydrogen-bond acceptors (Lipinski definition) is 4. The molecule has 26 heavy (non-hydrogen) atoms. The van der Waals surface area contributed by atoms with Gasteiger partial charge in [-0.25, -0.2) is 4.99 Å². The SMILES string of the molecule is CCNC(=NCc1ccccc1OC)NCCCOCC1CCOCC1. The average Bonchev–Trinajstić information content (AvgIpc) is 2.69. The normalized spacial score (nSPS) is 15.7. The zero-order chi connectivity index (χ0) is 18.5. The van der Waals surface area contributed by atoms with Crippen molar-refractivity contribution < 1.29 is 14.2 Å². The number of nitrogens with one attached hydrogen (secondary N) is 2. The third-order valence-corrected chi connectivity index (χ3v) is 4.40. The van der Waals surface area contributed by atoms with E-state index in [4.69, 9.17) is 14.2 Å². The minimum Gasteiger partial charge on any atom is -0.496 e. The van der Waals surface area contributed by atoms with Crippen LogP contribution in [0.15, 0.2) is 29.3 Å². The molecule has 0 saturated carbocycles. The van der Waals surface area contributed by atoms with Crippen molar-refractivity contribution in [1.82, 2.24) is 10.6 Å². The van der Waals surface area contributed by atoms with Crippen molar-refractivity contribution in [2.24, 2.45) is 10.9 Å². The maximum atomic E-state index is 5.80. The molecule has 1 aliphatic rings. The minimum atomic E-state index is 0.583. The quantitative estimate of drug-likeness (QED) is 0.380. The summed E-state index contributed by atoms with van der Waals surface area (Å²) in [6, 6.07) is 7.97.